The lowest BCUT2D eigenvalue weighted by atomic mass is 10.2. The molecule has 2 amide bonds. The first-order chi connectivity index (χ1) is 9.15. The number of H-pyrrole nitrogens is 1. The molecule has 1 aromatic carbocycles. The molecule has 0 radical (unpaired) electrons. The predicted molar refractivity (Wildman–Crippen MR) is 70.4 cm³/mol. The van der Waals surface area contributed by atoms with Crippen LogP contribution < -0.4 is 16.4 Å². The Kier molecular flexibility index (Phi) is 3.77. The molecule has 98 valence electrons. The summed E-state index contributed by atoms with van der Waals surface area (Å²) < 4.78 is 0. The van der Waals surface area contributed by atoms with Crippen LogP contribution in [0.25, 0.3) is 0 Å². The minimum atomic E-state index is -0.331. The maximum Gasteiger partial charge on any atom is 0.251 e. The van der Waals surface area contributed by atoms with Crippen molar-refractivity contribution in [2.45, 2.75) is 0 Å². The van der Waals surface area contributed by atoms with Gasteiger partial charge in [0.05, 0.1) is 18.4 Å². The fraction of sp³-hybridized carbons (Fsp3) is 0.0833. The highest BCUT2D eigenvalue weighted by molar-refractivity contribution is 5.99. The van der Waals surface area contributed by atoms with Gasteiger partial charge in [0.25, 0.3) is 5.91 Å². The fourth-order valence-corrected chi connectivity index (χ4v) is 1.42. The van der Waals surface area contributed by atoms with E-state index in [1.807, 2.05) is 0 Å². The number of nitrogens with two attached hydrogens (primary N) is 1. The number of nitrogens with zero attached hydrogens (tertiary/aromatic N) is 1. The Morgan fingerprint density at radius 1 is 1.26 bits per heavy atom. The van der Waals surface area contributed by atoms with Gasteiger partial charge in [-0.05, 0) is 24.3 Å². The number of aromatic amines is 1. The van der Waals surface area contributed by atoms with Crippen LogP contribution in [-0.4, -0.2) is 28.6 Å². The second kappa shape index (κ2) is 5.67. The Balaban J connectivity index is 1.83. The Labute approximate surface area is 109 Å². The summed E-state index contributed by atoms with van der Waals surface area (Å²) in [6.45, 7) is -0.117. The number of hydrogen-bond acceptors (Lipinski definition) is 4. The van der Waals surface area contributed by atoms with Gasteiger partial charge in [0.15, 0.2) is 0 Å². The summed E-state index contributed by atoms with van der Waals surface area (Å²) in [7, 11) is 0. The van der Waals surface area contributed by atoms with Gasteiger partial charge in [0, 0.05) is 17.4 Å². The van der Waals surface area contributed by atoms with Gasteiger partial charge in [-0.15, -0.1) is 0 Å². The van der Waals surface area contributed by atoms with Crippen LogP contribution in [0.2, 0.25) is 0 Å². The Hall–Kier alpha value is -2.83. The van der Waals surface area contributed by atoms with E-state index in [0.29, 0.717) is 16.9 Å². The summed E-state index contributed by atoms with van der Waals surface area (Å²) in [6.07, 6.45) is 3.01. The van der Waals surface area contributed by atoms with E-state index in [1.165, 1.54) is 6.20 Å². The van der Waals surface area contributed by atoms with Gasteiger partial charge < -0.3 is 16.4 Å². The summed E-state index contributed by atoms with van der Waals surface area (Å²) in [5.41, 5.74) is 7.10. The average molecular weight is 259 g/mol. The van der Waals surface area contributed by atoms with Crippen molar-refractivity contribution in [3.8, 4) is 0 Å². The first-order valence-corrected chi connectivity index (χ1v) is 5.57. The molecule has 0 saturated heterocycles. The summed E-state index contributed by atoms with van der Waals surface area (Å²) in [4.78, 5) is 23.2. The molecule has 7 heteroatoms. The molecular formula is C12H13N5O2. The number of rotatable bonds is 4. The zero-order valence-corrected chi connectivity index (χ0v) is 10.0. The van der Waals surface area contributed by atoms with Gasteiger partial charge in [0.1, 0.15) is 0 Å². The molecule has 2 rings (SSSR count). The lowest BCUT2D eigenvalue weighted by Crippen LogP contribution is -2.32. The van der Waals surface area contributed by atoms with Crippen molar-refractivity contribution >= 4 is 23.2 Å². The van der Waals surface area contributed by atoms with E-state index in [0.717, 1.165) is 0 Å². The summed E-state index contributed by atoms with van der Waals surface area (Å²) in [6, 6.07) is 6.44. The van der Waals surface area contributed by atoms with E-state index in [4.69, 9.17) is 5.73 Å². The van der Waals surface area contributed by atoms with Crippen molar-refractivity contribution in [1.29, 1.82) is 0 Å². The SMILES string of the molecule is Nc1ccc(C(=O)NCC(=O)Nc2cn[nH]c2)cc1. The minimum absolute atomic E-state index is 0.117. The third kappa shape index (κ3) is 3.56. The normalized spacial score (nSPS) is 9.89. The molecule has 5 N–H and O–H groups in total. The van der Waals surface area contributed by atoms with E-state index in [2.05, 4.69) is 20.8 Å². The van der Waals surface area contributed by atoms with Gasteiger partial charge >= 0.3 is 0 Å². The van der Waals surface area contributed by atoms with E-state index in [-0.39, 0.29) is 18.4 Å². The second-order valence-corrected chi connectivity index (χ2v) is 3.84. The Morgan fingerprint density at radius 3 is 2.63 bits per heavy atom. The average Bonchev–Trinajstić information content (AvgIpc) is 2.89. The van der Waals surface area contributed by atoms with Crippen LogP contribution in [-0.2, 0) is 4.79 Å². The number of hydrogen-bond donors (Lipinski definition) is 4. The van der Waals surface area contributed by atoms with Crippen LogP contribution in [0.15, 0.2) is 36.7 Å². The van der Waals surface area contributed by atoms with Crippen LogP contribution >= 0.6 is 0 Å². The van der Waals surface area contributed by atoms with Crippen LogP contribution in [0, 0.1) is 0 Å². The summed E-state index contributed by atoms with van der Waals surface area (Å²) >= 11 is 0. The number of nitrogen functional groups attached to an aromatic ring is 1. The van der Waals surface area contributed by atoms with E-state index >= 15 is 0 Å². The van der Waals surface area contributed by atoms with Crippen molar-refractivity contribution in [1.82, 2.24) is 15.5 Å². The maximum atomic E-state index is 11.7. The number of benzene rings is 1. The number of carbonyl (C=O) groups is 2. The van der Waals surface area contributed by atoms with Gasteiger partial charge in [0.2, 0.25) is 5.91 Å². The number of amides is 2. The Bertz CT molecular complexity index is 562. The molecule has 7 nitrogen and oxygen atoms in total. The van der Waals surface area contributed by atoms with Crippen LogP contribution in [0.4, 0.5) is 11.4 Å². The number of anilines is 2. The zero-order valence-electron chi connectivity index (χ0n) is 10.0. The molecule has 0 saturated carbocycles. The zero-order chi connectivity index (χ0) is 13.7. The molecular weight excluding hydrogens is 246 g/mol. The molecule has 0 spiro atoms. The quantitative estimate of drug-likeness (QED) is 0.594. The molecule has 0 atom stereocenters. The lowest BCUT2D eigenvalue weighted by molar-refractivity contribution is -0.115. The van der Waals surface area contributed by atoms with Crippen LogP contribution in [0.3, 0.4) is 0 Å². The molecule has 0 unspecified atom stereocenters. The van der Waals surface area contributed by atoms with E-state index in [9.17, 15) is 9.59 Å². The molecule has 0 bridgehead atoms. The molecule has 0 fully saturated rings. The monoisotopic (exact) mass is 259 g/mol. The van der Waals surface area contributed by atoms with Crippen molar-refractivity contribution in [3.05, 3.63) is 42.2 Å². The second-order valence-electron chi connectivity index (χ2n) is 3.84. The highest BCUT2D eigenvalue weighted by Gasteiger charge is 2.08. The summed E-state index contributed by atoms with van der Waals surface area (Å²) in [5, 5.41) is 11.3. The standard InChI is InChI=1S/C12H13N5O2/c13-9-3-1-8(2-4-9)12(19)14-7-11(18)17-10-5-15-16-6-10/h1-6H,7,13H2,(H,14,19)(H,15,16)(H,17,18). The van der Waals surface area contributed by atoms with Crippen molar-refractivity contribution < 1.29 is 9.59 Å². The third-order valence-corrected chi connectivity index (χ3v) is 2.36. The highest BCUT2D eigenvalue weighted by atomic mass is 16.2. The van der Waals surface area contributed by atoms with Crippen LogP contribution in [0.5, 0.6) is 0 Å². The van der Waals surface area contributed by atoms with Gasteiger partial charge in [-0.25, -0.2) is 0 Å². The lowest BCUT2D eigenvalue weighted by Gasteiger charge is -2.05. The highest BCUT2D eigenvalue weighted by Crippen LogP contribution is 2.05. The van der Waals surface area contributed by atoms with E-state index in [1.54, 1.807) is 30.5 Å². The van der Waals surface area contributed by atoms with Gasteiger partial charge in [-0.1, -0.05) is 0 Å². The van der Waals surface area contributed by atoms with Gasteiger partial charge in [-0.3, -0.25) is 14.7 Å². The molecule has 1 aromatic heterocycles. The number of carbonyl (C=O) groups excluding carboxylic acids is 2. The first kappa shape index (κ1) is 12.6. The molecule has 1 heterocycles. The molecule has 2 aromatic rings. The maximum absolute atomic E-state index is 11.7. The first-order valence-electron chi connectivity index (χ1n) is 5.57. The largest absolute Gasteiger partial charge is 0.399 e. The van der Waals surface area contributed by atoms with Crippen molar-refractivity contribution in [3.63, 3.8) is 0 Å². The van der Waals surface area contributed by atoms with Crippen LogP contribution in [0.1, 0.15) is 10.4 Å². The molecule has 0 aliphatic heterocycles. The third-order valence-electron chi connectivity index (χ3n) is 2.36. The van der Waals surface area contributed by atoms with Gasteiger partial charge in [-0.2, -0.15) is 5.10 Å². The minimum Gasteiger partial charge on any atom is -0.399 e. The topological polar surface area (TPSA) is 113 Å². The molecule has 0 aliphatic rings. The molecule has 0 aliphatic carbocycles. The summed E-state index contributed by atoms with van der Waals surface area (Å²) in [5.74, 6) is -0.660. The number of aromatic nitrogens is 2. The van der Waals surface area contributed by atoms with Crippen molar-refractivity contribution in [2.24, 2.45) is 0 Å². The number of nitrogens with one attached hydrogen (secondary N) is 3. The smallest absolute Gasteiger partial charge is 0.251 e. The van der Waals surface area contributed by atoms with Crippen molar-refractivity contribution in [2.75, 3.05) is 17.6 Å². The molecule has 19 heavy (non-hydrogen) atoms. The Morgan fingerprint density at radius 2 is 2.00 bits per heavy atom. The predicted octanol–water partition coefficient (Wildman–Crippen LogP) is 0.360. The fourth-order valence-electron chi connectivity index (χ4n) is 1.42. The van der Waals surface area contributed by atoms with E-state index < -0.39 is 0 Å².